The number of nitrogens with zero attached hydrogens (tertiary/aromatic N) is 1. The van der Waals surface area contributed by atoms with Gasteiger partial charge in [-0.2, -0.15) is 0 Å². The fraction of sp³-hybridized carbons (Fsp3) is 0.429. The molecule has 5 nitrogen and oxygen atoms in total. The molecule has 0 saturated carbocycles. The number of nitrogens with one attached hydrogen (secondary N) is 3. The Bertz CT molecular complexity index is 710. The Morgan fingerprint density at radius 2 is 1.81 bits per heavy atom. The number of guanidine groups is 1. The van der Waals surface area contributed by atoms with Crippen molar-refractivity contribution in [3.8, 4) is 0 Å². The predicted molar refractivity (Wildman–Crippen MR) is 114 cm³/mol. The van der Waals surface area contributed by atoms with Gasteiger partial charge in [0.1, 0.15) is 0 Å². The lowest BCUT2D eigenvalue weighted by Crippen LogP contribution is -2.39. The zero-order chi connectivity index (χ0) is 19.5. The van der Waals surface area contributed by atoms with Gasteiger partial charge in [0.15, 0.2) is 5.96 Å². The first kappa shape index (κ1) is 21.0. The van der Waals surface area contributed by atoms with Gasteiger partial charge in [0, 0.05) is 30.1 Å². The van der Waals surface area contributed by atoms with Crippen molar-refractivity contribution in [3.63, 3.8) is 0 Å². The monoisotopic (exact) mass is 386 g/mol. The summed E-state index contributed by atoms with van der Waals surface area (Å²) in [5.41, 5.74) is 1.75. The highest BCUT2D eigenvalue weighted by atomic mass is 32.1. The van der Waals surface area contributed by atoms with Crippen LogP contribution in [0.4, 0.5) is 0 Å². The van der Waals surface area contributed by atoms with E-state index >= 15 is 0 Å². The highest BCUT2D eigenvalue weighted by Crippen LogP contribution is 2.13. The molecule has 0 aliphatic carbocycles. The maximum absolute atomic E-state index is 11.8. The largest absolute Gasteiger partial charge is 0.357 e. The van der Waals surface area contributed by atoms with Crippen molar-refractivity contribution in [2.45, 2.75) is 33.7 Å². The van der Waals surface area contributed by atoms with Gasteiger partial charge in [0.2, 0.25) is 0 Å². The van der Waals surface area contributed by atoms with Gasteiger partial charge in [0.25, 0.3) is 5.91 Å². The first-order chi connectivity index (χ1) is 13.1. The number of carbonyl (C=O) groups is 1. The fourth-order valence-corrected chi connectivity index (χ4v) is 3.52. The average Bonchev–Trinajstić information content (AvgIpc) is 3.17. The van der Waals surface area contributed by atoms with E-state index in [0.29, 0.717) is 24.6 Å². The Morgan fingerprint density at radius 1 is 1.07 bits per heavy atom. The predicted octanol–water partition coefficient (Wildman–Crippen LogP) is 3.43. The van der Waals surface area contributed by atoms with Gasteiger partial charge in [0.05, 0.1) is 6.54 Å². The molecule has 146 valence electrons. The number of benzene rings is 1. The van der Waals surface area contributed by atoms with Crippen LogP contribution in [0, 0.1) is 5.92 Å². The lowest BCUT2D eigenvalue weighted by Gasteiger charge is -2.15. The highest BCUT2D eigenvalue weighted by molar-refractivity contribution is 7.09. The van der Waals surface area contributed by atoms with Crippen LogP contribution in [-0.4, -0.2) is 31.5 Å². The molecule has 2 rings (SSSR count). The third-order valence-electron chi connectivity index (χ3n) is 4.07. The van der Waals surface area contributed by atoms with Gasteiger partial charge in [-0.05, 0) is 55.3 Å². The lowest BCUT2D eigenvalue weighted by molar-refractivity contribution is 0.0956. The molecule has 1 unspecified atom stereocenters. The van der Waals surface area contributed by atoms with Crippen LogP contribution < -0.4 is 16.0 Å². The van der Waals surface area contributed by atoms with Gasteiger partial charge in [-0.1, -0.05) is 25.1 Å². The minimum atomic E-state index is -0.0396. The summed E-state index contributed by atoms with van der Waals surface area (Å²) in [5.74, 6) is 1.31. The summed E-state index contributed by atoms with van der Waals surface area (Å²) in [6, 6.07) is 11.9. The van der Waals surface area contributed by atoms with Crippen LogP contribution in [0.5, 0.6) is 0 Å². The molecule has 0 radical (unpaired) electrons. The normalized spacial score (nSPS) is 12.5. The zero-order valence-electron chi connectivity index (χ0n) is 16.4. The molecule has 0 saturated heterocycles. The van der Waals surface area contributed by atoms with Gasteiger partial charge < -0.3 is 16.0 Å². The van der Waals surface area contributed by atoms with Crippen LogP contribution >= 0.6 is 11.3 Å². The molecular weight excluding hydrogens is 356 g/mol. The highest BCUT2D eigenvalue weighted by Gasteiger charge is 2.07. The molecule has 1 atom stereocenters. The van der Waals surface area contributed by atoms with E-state index in [1.807, 2.05) is 42.5 Å². The van der Waals surface area contributed by atoms with Gasteiger partial charge in [-0.25, -0.2) is 4.99 Å². The van der Waals surface area contributed by atoms with Crippen molar-refractivity contribution in [3.05, 3.63) is 57.8 Å². The second-order valence-electron chi connectivity index (χ2n) is 6.52. The lowest BCUT2D eigenvalue weighted by atomic mass is 10.1. The Balaban J connectivity index is 1.87. The summed E-state index contributed by atoms with van der Waals surface area (Å²) >= 11 is 1.81. The molecule has 0 aliphatic rings. The van der Waals surface area contributed by atoms with Crippen molar-refractivity contribution in [1.82, 2.24) is 16.0 Å². The molecule has 0 fully saturated rings. The first-order valence-corrected chi connectivity index (χ1v) is 10.4. The Hall–Kier alpha value is -2.34. The Kier molecular flexibility index (Phi) is 8.84. The minimum absolute atomic E-state index is 0.0396. The van der Waals surface area contributed by atoms with E-state index in [2.05, 4.69) is 52.3 Å². The van der Waals surface area contributed by atoms with Crippen molar-refractivity contribution in [2.24, 2.45) is 10.9 Å². The third-order valence-corrected chi connectivity index (χ3v) is 4.96. The van der Waals surface area contributed by atoms with E-state index in [4.69, 9.17) is 0 Å². The molecule has 1 amide bonds. The molecule has 1 aromatic heterocycles. The third kappa shape index (κ3) is 7.43. The molecular formula is C21H30N4OS. The maximum Gasteiger partial charge on any atom is 0.251 e. The standard InChI is InChI=1S/C21H30N4OS/c1-4-22-20(26)18-10-8-17(9-11-18)15-25-21(23-5-2)24-14-16(3)13-19-7-6-12-27-19/h6-12,16H,4-5,13-15H2,1-3H3,(H,22,26)(H2,23,24,25). The number of carbonyl (C=O) groups excluding carboxylic acids is 1. The SMILES string of the molecule is CCNC(=O)c1ccc(CN=C(NCC)NCC(C)Cc2cccs2)cc1. The van der Waals surface area contributed by atoms with Crippen molar-refractivity contribution < 1.29 is 4.79 Å². The van der Waals surface area contributed by atoms with Crippen molar-refractivity contribution >= 4 is 23.2 Å². The number of hydrogen-bond acceptors (Lipinski definition) is 3. The number of thiophene rings is 1. The quantitative estimate of drug-likeness (QED) is 0.457. The minimum Gasteiger partial charge on any atom is -0.357 e. The summed E-state index contributed by atoms with van der Waals surface area (Å²) in [7, 11) is 0. The molecule has 0 aliphatic heterocycles. The molecule has 27 heavy (non-hydrogen) atoms. The second-order valence-corrected chi connectivity index (χ2v) is 7.55. The van der Waals surface area contributed by atoms with E-state index in [1.165, 1.54) is 4.88 Å². The van der Waals surface area contributed by atoms with Gasteiger partial charge in [-0.15, -0.1) is 11.3 Å². The Morgan fingerprint density at radius 3 is 2.44 bits per heavy atom. The average molecular weight is 387 g/mol. The van der Waals surface area contributed by atoms with E-state index in [-0.39, 0.29) is 5.91 Å². The molecule has 0 bridgehead atoms. The van der Waals surface area contributed by atoms with Crippen molar-refractivity contribution in [2.75, 3.05) is 19.6 Å². The van der Waals surface area contributed by atoms with Crippen LogP contribution in [0.1, 0.15) is 41.6 Å². The number of rotatable bonds is 9. The zero-order valence-corrected chi connectivity index (χ0v) is 17.2. The Labute approximate surface area is 166 Å². The van der Waals surface area contributed by atoms with E-state index in [9.17, 15) is 4.79 Å². The summed E-state index contributed by atoms with van der Waals surface area (Å²) < 4.78 is 0. The van der Waals surface area contributed by atoms with E-state index in [1.54, 1.807) is 0 Å². The van der Waals surface area contributed by atoms with Gasteiger partial charge in [-0.3, -0.25) is 4.79 Å². The first-order valence-electron chi connectivity index (χ1n) is 9.54. The second kappa shape index (κ2) is 11.4. The molecule has 3 N–H and O–H groups in total. The van der Waals surface area contributed by atoms with Gasteiger partial charge >= 0.3 is 0 Å². The summed E-state index contributed by atoms with van der Waals surface area (Å²) in [5, 5.41) is 11.6. The number of hydrogen-bond donors (Lipinski definition) is 3. The van der Waals surface area contributed by atoms with Crippen LogP contribution in [0.2, 0.25) is 0 Å². The van der Waals surface area contributed by atoms with E-state index < -0.39 is 0 Å². The van der Waals surface area contributed by atoms with Crippen LogP contribution in [0.25, 0.3) is 0 Å². The summed E-state index contributed by atoms with van der Waals surface area (Å²) in [6.45, 7) is 9.13. The molecule has 6 heteroatoms. The molecule has 1 aromatic carbocycles. The topological polar surface area (TPSA) is 65.5 Å². The van der Waals surface area contributed by atoms with E-state index in [0.717, 1.165) is 31.0 Å². The molecule has 0 spiro atoms. The molecule has 1 heterocycles. The van der Waals surface area contributed by atoms with Crippen LogP contribution in [0.15, 0.2) is 46.8 Å². The van der Waals surface area contributed by atoms with Crippen LogP contribution in [0.3, 0.4) is 0 Å². The number of aliphatic imine (C=N–C) groups is 1. The maximum atomic E-state index is 11.8. The summed E-state index contributed by atoms with van der Waals surface area (Å²) in [4.78, 5) is 17.9. The molecule has 2 aromatic rings. The van der Waals surface area contributed by atoms with Crippen molar-refractivity contribution in [1.29, 1.82) is 0 Å². The summed E-state index contributed by atoms with van der Waals surface area (Å²) in [6.07, 6.45) is 1.07. The smallest absolute Gasteiger partial charge is 0.251 e. The van der Waals surface area contributed by atoms with Crippen LogP contribution in [-0.2, 0) is 13.0 Å². The fourth-order valence-electron chi connectivity index (χ4n) is 2.65. The number of amides is 1.